The maximum atomic E-state index is 13.4. The van der Waals surface area contributed by atoms with Crippen LogP contribution in [0.15, 0.2) is 18.2 Å². The number of hydrogen-bond donors (Lipinski definition) is 5. The number of methoxy groups -OCH3 is 1. The number of alkyl carbamates (subject to hydrolysis) is 1. The average Bonchev–Trinajstić information content (AvgIpc) is 2.95. The predicted octanol–water partition coefficient (Wildman–Crippen LogP) is 3.60. The number of ketones is 2. The Morgan fingerprint density at radius 3 is 2.23 bits per heavy atom. The topological polar surface area (TPSA) is 204 Å². The molecule has 0 radical (unpaired) electrons. The highest BCUT2D eigenvalue weighted by molar-refractivity contribution is 5.97. The molecule has 14 nitrogen and oxygen atoms in total. The van der Waals surface area contributed by atoms with Gasteiger partial charge in [0, 0.05) is 63.2 Å². The maximum absolute atomic E-state index is 13.4. The van der Waals surface area contributed by atoms with Crippen molar-refractivity contribution in [3.8, 4) is 5.75 Å². The van der Waals surface area contributed by atoms with Gasteiger partial charge < -0.3 is 41.2 Å². The number of unbranched alkanes of at least 4 members (excludes halogenated alkanes) is 1. The summed E-state index contributed by atoms with van der Waals surface area (Å²) in [5.41, 5.74) is 5.61. The van der Waals surface area contributed by atoms with Crippen LogP contribution >= 0.6 is 0 Å². The van der Waals surface area contributed by atoms with Crippen molar-refractivity contribution >= 4 is 41.2 Å². The van der Waals surface area contributed by atoms with Crippen molar-refractivity contribution in [1.82, 2.24) is 16.0 Å². The molecular weight excluding hydrogens is 610 g/mol. The van der Waals surface area contributed by atoms with Crippen LogP contribution in [-0.4, -0.2) is 74.0 Å². The Balaban J connectivity index is 2.90. The molecule has 47 heavy (non-hydrogen) atoms. The molecule has 6 N–H and O–H groups in total. The van der Waals surface area contributed by atoms with Crippen LogP contribution in [-0.2, 0) is 35.3 Å². The van der Waals surface area contributed by atoms with Crippen molar-refractivity contribution < 1.29 is 43.0 Å². The molecule has 0 aliphatic heterocycles. The highest BCUT2D eigenvalue weighted by Crippen LogP contribution is 2.26. The number of carbonyl (C=O) groups excluding carboxylic acids is 6. The number of Topliss-reactive ketones (excluding diaryl/α,β-unsaturated/α-hetero) is 2. The van der Waals surface area contributed by atoms with E-state index in [0.29, 0.717) is 42.8 Å². The number of primary amides is 1. The third kappa shape index (κ3) is 17.9. The highest BCUT2D eigenvalue weighted by Gasteiger charge is 2.29. The van der Waals surface area contributed by atoms with Crippen LogP contribution in [0, 0.1) is 11.8 Å². The SMILES string of the molecule is COCc1ccc(NC(=O)[C@H](CCCNC(N)=O)CC(=O)[C@@H](NC(C)=O)C(C)C)cc1OCC(=O)CCCCNC(=O)OC(C)(C)C. The molecule has 14 heteroatoms. The molecule has 0 aliphatic rings. The quantitative estimate of drug-likeness (QED) is 0.122. The highest BCUT2D eigenvalue weighted by atomic mass is 16.6. The monoisotopic (exact) mass is 663 g/mol. The standard InChI is InChI=1S/C33H53N5O9/c1-21(2)29(37-22(3)39)27(41)17-23(11-10-16-35-31(34)43)30(42)38-25-14-13-24(19-45-7)28(18-25)46-20-26(40)12-8-9-15-36-32(44)47-33(4,5)6/h13-14,18,21,23,29H,8-12,15-17,19-20H2,1-7H3,(H,36,44)(H,37,39)(H,38,42)(H3,34,35,43)/t23-,29+/m1/s1. The summed E-state index contributed by atoms with van der Waals surface area (Å²) < 4.78 is 16.3. The molecule has 1 aromatic rings. The van der Waals surface area contributed by atoms with Gasteiger partial charge in [-0.15, -0.1) is 0 Å². The summed E-state index contributed by atoms with van der Waals surface area (Å²) in [6.07, 6.45) is 1.42. The zero-order valence-corrected chi connectivity index (χ0v) is 28.8. The van der Waals surface area contributed by atoms with Crippen molar-refractivity contribution in [2.75, 3.05) is 32.1 Å². The van der Waals surface area contributed by atoms with Gasteiger partial charge in [-0.25, -0.2) is 9.59 Å². The van der Waals surface area contributed by atoms with Crippen LogP contribution in [0.4, 0.5) is 15.3 Å². The van der Waals surface area contributed by atoms with Crippen molar-refractivity contribution in [3.05, 3.63) is 23.8 Å². The van der Waals surface area contributed by atoms with Gasteiger partial charge in [0.1, 0.15) is 18.0 Å². The molecule has 1 rings (SSSR count). The lowest BCUT2D eigenvalue weighted by Gasteiger charge is -2.23. The maximum Gasteiger partial charge on any atom is 0.407 e. The van der Waals surface area contributed by atoms with E-state index in [2.05, 4.69) is 21.3 Å². The Morgan fingerprint density at radius 2 is 1.64 bits per heavy atom. The molecule has 0 heterocycles. The van der Waals surface area contributed by atoms with Crippen LogP contribution in [0.25, 0.3) is 0 Å². The van der Waals surface area contributed by atoms with Crippen LogP contribution in [0.2, 0.25) is 0 Å². The Kier molecular flexibility index (Phi) is 18.1. The number of amides is 5. The summed E-state index contributed by atoms with van der Waals surface area (Å²) >= 11 is 0. The second-order valence-corrected chi connectivity index (χ2v) is 12.7. The van der Waals surface area contributed by atoms with Crippen molar-refractivity contribution in [1.29, 1.82) is 0 Å². The van der Waals surface area contributed by atoms with Gasteiger partial charge in [-0.1, -0.05) is 19.9 Å². The summed E-state index contributed by atoms with van der Waals surface area (Å²) in [6, 6.07) is 3.53. The minimum atomic E-state index is -0.762. The first kappa shape index (κ1) is 40.8. The van der Waals surface area contributed by atoms with E-state index < -0.39 is 35.6 Å². The summed E-state index contributed by atoms with van der Waals surface area (Å²) in [5, 5.41) is 10.6. The number of ether oxygens (including phenoxy) is 3. The lowest BCUT2D eigenvalue weighted by Crippen LogP contribution is -2.44. The van der Waals surface area contributed by atoms with Gasteiger partial charge in [0.25, 0.3) is 0 Å². The molecule has 5 amide bonds. The Labute approximate surface area is 277 Å². The number of nitrogens with two attached hydrogens (primary N) is 1. The molecule has 1 aromatic carbocycles. The van der Waals surface area contributed by atoms with E-state index in [-0.39, 0.29) is 62.4 Å². The molecule has 0 saturated carbocycles. The Bertz CT molecular complexity index is 1210. The molecular formula is C33H53N5O9. The first-order chi connectivity index (χ1) is 22.0. The minimum absolute atomic E-state index is 0.127. The number of carbonyl (C=O) groups is 6. The summed E-state index contributed by atoms with van der Waals surface area (Å²) in [6.45, 7) is 10.9. The number of hydrogen-bond acceptors (Lipinski definition) is 9. The zero-order valence-electron chi connectivity index (χ0n) is 28.8. The third-order valence-corrected chi connectivity index (χ3v) is 6.79. The van der Waals surface area contributed by atoms with E-state index in [9.17, 15) is 28.8 Å². The van der Waals surface area contributed by atoms with E-state index in [1.165, 1.54) is 14.0 Å². The fraction of sp³-hybridized carbons (Fsp3) is 0.636. The van der Waals surface area contributed by atoms with Crippen LogP contribution in [0.5, 0.6) is 5.75 Å². The van der Waals surface area contributed by atoms with E-state index >= 15 is 0 Å². The number of nitrogens with one attached hydrogen (secondary N) is 4. The lowest BCUT2D eigenvalue weighted by molar-refractivity contribution is -0.130. The van der Waals surface area contributed by atoms with E-state index in [1.54, 1.807) is 39.0 Å². The minimum Gasteiger partial charge on any atom is -0.485 e. The molecule has 0 aromatic heterocycles. The number of benzene rings is 1. The average molecular weight is 664 g/mol. The largest absolute Gasteiger partial charge is 0.485 e. The number of rotatable bonds is 21. The van der Waals surface area contributed by atoms with Gasteiger partial charge >= 0.3 is 12.1 Å². The number of anilines is 1. The van der Waals surface area contributed by atoms with Gasteiger partial charge in [0.2, 0.25) is 11.8 Å². The first-order valence-electron chi connectivity index (χ1n) is 15.9. The smallest absolute Gasteiger partial charge is 0.407 e. The Morgan fingerprint density at radius 1 is 0.957 bits per heavy atom. The first-order valence-corrected chi connectivity index (χ1v) is 15.9. The fourth-order valence-corrected chi connectivity index (χ4v) is 4.56. The predicted molar refractivity (Wildman–Crippen MR) is 177 cm³/mol. The second-order valence-electron chi connectivity index (χ2n) is 12.7. The molecule has 2 atom stereocenters. The molecule has 0 spiro atoms. The zero-order chi connectivity index (χ0) is 35.6. The molecule has 0 fully saturated rings. The molecule has 0 bridgehead atoms. The third-order valence-electron chi connectivity index (χ3n) is 6.79. The Hall–Kier alpha value is -4.20. The van der Waals surface area contributed by atoms with E-state index in [1.807, 2.05) is 13.8 Å². The van der Waals surface area contributed by atoms with E-state index in [4.69, 9.17) is 19.9 Å². The molecule has 0 saturated heterocycles. The van der Waals surface area contributed by atoms with Crippen LogP contribution in [0.1, 0.15) is 85.6 Å². The number of urea groups is 1. The normalized spacial score (nSPS) is 12.4. The molecule has 264 valence electrons. The van der Waals surface area contributed by atoms with Gasteiger partial charge in [0.15, 0.2) is 11.6 Å². The van der Waals surface area contributed by atoms with Crippen molar-refractivity contribution in [2.45, 2.75) is 98.3 Å². The molecule has 0 unspecified atom stereocenters. The van der Waals surface area contributed by atoms with Crippen LogP contribution < -0.4 is 31.7 Å². The summed E-state index contributed by atoms with van der Waals surface area (Å²) in [4.78, 5) is 73.6. The summed E-state index contributed by atoms with van der Waals surface area (Å²) in [5.74, 6) is -1.78. The van der Waals surface area contributed by atoms with Crippen molar-refractivity contribution in [2.24, 2.45) is 17.6 Å². The second kappa shape index (κ2) is 20.8. The van der Waals surface area contributed by atoms with Crippen LogP contribution in [0.3, 0.4) is 0 Å². The van der Waals surface area contributed by atoms with Crippen molar-refractivity contribution in [3.63, 3.8) is 0 Å². The van der Waals surface area contributed by atoms with E-state index in [0.717, 1.165) is 0 Å². The van der Waals surface area contributed by atoms with Gasteiger partial charge in [-0.2, -0.15) is 0 Å². The van der Waals surface area contributed by atoms with Gasteiger partial charge in [0.05, 0.1) is 12.6 Å². The fourth-order valence-electron chi connectivity index (χ4n) is 4.56. The van der Waals surface area contributed by atoms with Gasteiger partial charge in [-0.05, 0) is 58.4 Å². The lowest BCUT2D eigenvalue weighted by atomic mass is 9.89. The van der Waals surface area contributed by atoms with Gasteiger partial charge in [-0.3, -0.25) is 19.2 Å². The summed E-state index contributed by atoms with van der Waals surface area (Å²) in [7, 11) is 1.52. The molecule has 0 aliphatic carbocycles.